The zero-order valence-electron chi connectivity index (χ0n) is 19.6. The van der Waals surface area contributed by atoms with Gasteiger partial charge in [-0.3, -0.25) is 9.71 Å². The molecular formula is C26H27BrFN5OS. The number of fused-ring (bicyclic) bond motifs is 2. The number of aliphatic hydroxyl groups excluding tert-OH is 1. The second-order valence-corrected chi connectivity index (χ2v) is 8.73. The fourth-order valence-corrected chi connectivity index (χ4v) is 4.08. The number of pyridine rings is 1. The van der Waals surface area contributed by atoms with Crippen molar-refractivity contribution < 1.29 is 8.99 Å². The molecule has 0 atom stereocenters. The zero-order valence-corrected chi connectivity index (χ0v) is 22.0. The molecule has 3 heterocycles. The molecule has 0 radical (unpaired) electrons. The lowest BCUT2D eigenvalue weighted by atomic mass is 10.1. The van der Waals surface area contributed by atoms with E-state index in [0.29, 0.717) is 29.0 Å². The minimum atomic E-state index is 0.0151. The van der Waals surface area contributed by atoms with Gasteiger partial charge in [0.2, 0.25) is 0 Å². The van der Waals surface area contributed by atoms with Gasteiger partial charge < -0.3 is 5.11 Å². The maximum Gasteiger partial charge on any atom is 0.165 e. The standard InChI is InChI=1S/C23H19BrFN5S.C3H8O/c1-3-15(2)8-4-6-11-20-21(24)23(29-31-25)30-22(28-20)18(14-27-30)17-12-16-9-5-7-10-19(16)26-13-17;1-2-3-4/h3-10,12-14,29H,1,11H2,2H3;4H,2-3H2,1H3/b6-4+,15-8-;. The Labute approximate surface area is 217 Å². The Bertz CT molecular complexity index is 1370. The van der Waals surface area contributed by atoms with Crippen molar-refractivity contribution in [3.05, 3.63) is 89.3 Å². The summed E-state index contributed by atoms with van der Waals surface area (Å²) in [5.41, 5.74) is 5.09. The van der Waals surface area contributed by atoms with Crippen molar-refractivity contribution in [2.75, 3.05) is 11.3 Å². The topological polar surface area (TPSA) is 75.3 Å². The van der Waals surface area contributed by atoms with Gasteiger partial charge in [0.05, 0.1) is 21.9 Å². The molecule has 3 aromatic heterocycles. The van der Waals surface area contributed by atoms with E-state index < -0.39 is 0 Å². The van der Waals surface area contributed by atoms with E-state index in [1.807, 2.05) is 62.5 Å². The molecule has 0 aliphatic rings. The molecule has 0 saturated carbocycles. The van der Waals surface area contributed by atoms with Crippen LogP contribution in [-0.2, 0) is 6.42 Å². The lowest BCUT2D eigenvalue weighted by molar-refractivity contribution is 0.295. The average molecular weight is 557 g/mol. The van der Waals surface area contributed by atoms with Gasteiger partial charge in [-0.25, -0.2) is 4.98 Å². The molecule has 1 aromatic carbocycles. The summed E-state index contributed by atoms with van der Waals surface area (Å²) >= 11 is 3.57. The van der Waals surface area contributed by atoms with Gasteiger partial charge in [0, 0.05) is 35.7 Å². The second-order valence-electron chi connectivity index (χ2n) is 7.58. The number of anilines is 1. The highest BCUT2D eigenvalue weighted by Gasteiger charge is 2.18. The Kier molecular flexibility index (Phi) is 10.0. The van der Waals surface area contributed by atoms with Gasteiger partial charge in [-0.1, -0.05) is 61.6 Å². The van der Waals surface area contributed by atoms with Crippen molar-refractivity contribution in [3.8, 4) is 11.1 Å². The summed E-state index contributed by atoms with van der Waals surface area (Å²) in [6.45, 7) is 7.98. The lowest BCUT2D eigenvalue weighted by Crippen LogP contribution is -2.04. The molecule has 4 aromatic rings. The molecule has 0 amide bonds. The summed E-state index contributed by atoms with van der Waals surface area (Å²) in [6, 6.07) is 9.98. The number of benzene rings is 1. The molecule has 0 saturated heterocycles. The van der Waals surface area contributed by atoms with Gasteiger partial charge in [0.15, 0.2) is 23.8 Å². The Balaban J connectivity index is 0.000000795. The van der Waals surface area contributed by atoms with E-state index in [-0.39, 0.29) is 12.3 Å². The average Bonchev–Trinajstić information content (AvgIpc) is 3.31. The summed E-state index contributed by atoms with van der Waals surface area (Å²) in [5.74, 6) is 0.485. The zero-order chi connectivity index (χ0) is 25.2. The van der Waals surface area contributed by atoms with Crippen LogP contribution in [0.15, 0.2) is 83.7 Å². The van der Waals surface area contributed by atoms with E-state index in [4.69, 9.17) is 10.1 Å². The Morgan fingerprint density at radius 1 is 1.31 bits per heavy atom. The third-order valence-electron chi connectivity index (χ3n) is 5.05. The van der Waals surface area contributed by atoms with Gasteiger partial charge in [-0.15, -0.1) is 3.89 Å². The van der Waals surface area contributed by atoms with E-state index in [1.54, 1.807) is 16.8 Å². The number of halogens is 2. The van der Waals surface area contributed by atoms with Crippen LogP contribution in [0, 0.1) is 0 Å². The SMILES string of the molecule is C=C/C(C)=C\C=C\Cc1nc2c(-c3cnc4ccccc4c3)cnn2c(NSF)c1Br.CCCO. The minimum Gasteiger partial charge on any atom is -0.396 e. The number of nitrogens with one attached hydrogen (secondary N) is 1. The predicted molar refractivity (Wildman–Crippen MR) is 148 cm³/mol. The number of nitrogens with zero attached hydrogens (tertiary/aromatic N) is 4. The summed E-state index contributed by atoms with van der Waals surface area (Å²) < 4.78 is 18.1. The van der Waals surface area contributed by atoms with Gasteiger partial charge in [-0.2, -0.15) is 9.61 Å². The normalized spacial score (nSPS) is 11.6. The Morgan fingerprint density at radius 2 is 2.09 bits per heavy atom. The molecule has 9 heteroatoms. The van der Waals surface area contributed by atoms with Gasteiger partial charge in [0.25, 0.3) is 0 Å². The molecule has 2 N–H and O–H groups in total. The van der Waals surface area contributed by atoms with Gasteiger partial charge in [-0.05, 0) is 41.4 Å². The smallest absolute Gasteiger partial charge is 0.165 e. The van der Waals surface area contributed by atoms with Crippen molar-refractivity contribution >= 4 is 50.6 Å². The van der Waals surface area contributed by atoms with E-state index in [2.05, 4.69) is 43.4 Å². The number of aromatic nitrogens is 4. The molecular weight excluding hydrogens is 529 g/mol. The van der Waals surface area contributed by atoms with Crippen LogP contribution in [0.2, 0.25) is 0 Å². The molecule has 182 valence electrons. The van der Waals surface area contributed by atoms with Crippen LogP contribution in [0.4, 0.5) is 9.70 Å². The number of hydrogen-bond donors (Lipinski definition) is 2. The first kappa shape index (κ1) is 26.6. The first-order valence-electron chi connectivity index (χ1n) is 11.1. The second kappa shape index (κ2) is 13.2. The first-order chi connectivity index (χ1) is 17.0. The number of rotatable bonds is 8. The molecule has 6 nitrogen and oxygen atoms in total. The van der Waals surface area contributed by atoms with Crippen molar-refractivity contribution in [1.82, 2.24) is 19.6 Å². The van der Waals surface area contributed by atoms with E-state index in [9.17, 15) is 3.89 Å². The molecule has 35 heavy (non-hydrogen) atoms. The van der Waals surface area contributed by atoms with Crippen LogP contribution in [0.5, 0.6) is 0 Å². The number of para-hydroxylation sites is 1. The molecule has 0 unspecified atom stereocenters. The summed E-state index contributed by atoms with van der Waals surface area (Å²) in [6.07, 6.45) is 12.7. The monoisotopic (exact) mass is 555 g/mol. The predicted octanol–water partition coefficient (Wildman–Crippen LogP) is 7.27. The summed E-state index contributed by atoms with van der Waals surface area (Å²) in [4.78, 5) is 9.38. The van der Waals surface area contributed by atoms with Gasteiger partial charge >= 0.3 is 0 Å². The largest absolute Gasteiger partial charge is 0.396 e. The lowest BCUT2D eigenvalue weighted by Gasteiger charge is -2.11. The third kappa shape index (κ3) is 6.56. The maximum absolute atomic E-state index is 13.1. The highest BCUT2D eigenvalue weighted by Crippen LogP contribution is 2.33. The fraction of sp³-hybridized carbons (Fsp3) is 0.192. The highest BCUT2D eigenvalue weighted by molar-refractivity contribution is 9.10. The van der Waals surface area contributed by atoms with E-state index >= 15 is 0 Å². The Hall–Kier alpha value is -3.01. The van der Waals surface area contributed by atoms with Crippen molar-refractivity contribution in [3.63, 3.8) is 0 Å². The van der Waals surface area contributed by atoms with Gasteiger partial charge in [0.1, 0.15) is 0 Å². The molecule has 0 bridgehead atoms. The van der Waals surface area contributed by atoms with Crippen LogP contribution >= 0.6 is 28.3 Å². The van der Waals surface area contributed by atoms with Crippen molar-refractivity contribution in [1.29, 1.82) is 0 Å². The maximum atomic E-state index is 13.1. The summed E-state index contributed by atoms with van der Waals surface area (Å²) in [7, 11) is 0. The quantitative estimate of drug-likeness (QED) is 0.176. The van der Waals surface area contributed by atoms with Crippen LogP contribution in [-0.4, -0.2) is 31.3 Å². The van der Waals surface area contributed by atoms with E-state index in [0.717, 1.165) is 39.7 Å². The fourth-order valence-electron chi connectivity index (χ4n) is 3.17. The van der Waals surface area contributed by atoms with Crippen LogP contribution in [0.25, 0.3) is 27.7 Å². The Morgan fingerprint density at radius 3 is 2.80 bits per heavy atom. The molecule has 4 rings (SSSR count). The van der Waals surface area contributed by atoms with Crippen LogP contribution in [0.1, 0.15) is 26.0 Å². The van der Waals surface area contributed by atoms with E-state index in [1.165, 1.54) is 0 Å². The van der Waals surface area contributed by atoms with Crippen molar-refractivity contribution in [2.45, 2.75) is 26.7 Å². The first-order valence-corrected chi connectivity index (χ1v) is 12.6. The third-order valence-corrected chi connectivity index (χ3v) is 6.15. The molecule has 0 spiro atoms. The number of aliphatic hydroxyl groups is 1. The highest BCUT2D eigenvalue weighted by atomic mass is 79.9. The summed E-state index contributed by atoms with van der Waals surface area (Å²) in [5, 5.41) is 13.3. The van der Waals surface area contributed by atoms with Crippen molar-refractivity contribution in [2.24, 2.45) is 0 Å². The molecule has 0 aliphatic heterocycles. The minimum absolute atomic E-state index is 0.0151. The van der Waals surface area contributed by atoms with Crippen LogP contribution in [0.3, 0.4) is 0 Å². The van der Waals surface area contributed by atoms with Crippen LogP contribution < -0.4 is 4.72 Å². The molecule has 0 aliphatic carbocycles. The molecule has 0 fully saturated rings. The number of allylic oxidation sites excluding steroid dienone is 5. The number of hydrogen-bond acceptors (Lipinski definition) is 6.